The molecule has 1 atom stereocenters. The van der Waals surface area contributed by atoms with Gasteiger partial charge >= 0.3 is 0 Å². The largest absolute Gasteiger partial charge is 0.322 e. The first-order chi connectivity index (χ1) is 12.1. The van der Waals surface area contributed by atoms with E-state index in [1.807, 2.05) is 25.2 Å². The molecule has 0 radical (unpaired) electrons. The van der Waals surface area contributed by atoms with Crippen LogP contribution in [0.1, 0.15) is 40.7 Å². The number of hydrogen-bond acceptors (Lipinski definition) is 5. The van der Waals surface area contributed by atoms with Crippen LogP contribution < -0.4 is 16.0 Å². The quantitative estimate of drug-likeness (QED) is 0.484. The minimum atomic E-state index is -0.555. The summed E-state index contributed by atoms with van der Waals surface area (Å²) in [5, 5.41) is 8.82. The summed E-state index contributed by atoms with van der Waals surface area (Å²) in [6.45, 7) is 3.09. The standard InChI is InChI=1S/C18H24N4O3/c1-19-7-2-8-20-10-12-3-4-14-13(9-12)11-22(18(14)25)15-5-6-16(23)21-17(15)24/h3-4,9,15,19-20H,2,5-8,10-11H2,1H3,(H,21,23,24). The van der Waals surface area contributed by atoms with E-state index in [4.69, 9.17) is 0 Å². The van der Waals surface area contributed by atoms with Crippen molar-refractivity contribution in [3.05, 3.63) is 34.9 Å². The highest BCUT2D eigenvalue weighted by Crippen LogP contribution is 2.28. The monoisotopic (exact) mass is 344 g/mol. The van der Waals surface area contributed by atoms with E-state index in [1.54, 1.807) is 4.90 Å². The molecule has 1 saturated heterocycles. The third-order valence-electron chi connectivity index (χ3n) is 4.70. The van der Waals surface area contributed by atoms with Crippen LogP contribution in [0.5, 0.6) is 0 Å². The maximum absolute atomic E-state index is 12.6. The van der Waals surface area contributed by atoms with E-state index in [0.29, 0.717) is 18.5 Å². The summed E-state index contributed by atoms with van der Waals surface area (Å²) in [6.07, 6.45) is 1.73. The van der Waals surface area contributed by atoms with Gasteiger partial charge in [-0.25, -0.2) is 0 Å². The van der Waals surface area contributed by atoms with Crippen LogP contribution in [0.2, 0.25) is 0 Å². The number of benzene rings is 1. The van der Waals surface area contributed by atoms with Gasteiger partial charge in [-0.1, -0.05) is 12.1 Å². The molecule has 0 saturated carbocycles. The Morgan fingerprint density at radius 3 is 2.84 bits per heavy atom. The predicted molar refractivity (Wildman–Crippen MR) is 92.7 cm³/mol. The second kappa shape index (κ2) is 7.76. The van der Waals surface area contributed by atoms with Crippen LogP contribution in [0, 0.1) is 0 Å². The second-order valence-electron chi connectivity index (χ2n) is 6.53. The van der Waals surface area contributed by atoms with Gasteiger partial charge in [0.25, 0.3) is 5.91 Å². The Bertz CT molecular complexity index is 689. The first-order valence-electron chi connectivity index (χ1n) is 8.72. The molecular formula is C18H24N4O3. The van der Waals surface area contributed by atoms with Crippen molar-refractivity contribution in [1.82, 2.24) is 20.9 Å². The zero-order valence-corrected chi connectivity index (χ0v) is 14.4. The first-order valence-corrected chi connectivity index (χ1v) is 8.72. The molecule has 134 valence electrons. The number of carbonyl (C=O) groups is 3. The van der Waals surface area contributed by atoms with Gasteiger partial charge < -0.3 is 15.5 Å². The summed E-state index contributed by atoms with van der Waals surface area (Å²) in [7, 11) is 1.94. The minimum absolute atomic E-state index is 0.127. The average Bonchev–Trinajstić information content (AvgIpc) is 2.91. The number of nitrogens with zero attached hydrogens (tertiary/aromatic N) is 1. The molecule has 7 heteroatoms. The van der Waals surface area contributed by atoms with Crippen molar-refractivity contribution in [3.8, 4) is 0 Å². The zero-order valence-electron chi connectivity index (χ0n) is 14.4. The van der Waals surface area contributed by atoms with Crippen molar-refractivity contribution < 1.29 is 14.4 Å². The highest BCUT2D eigenvalue weighted by Gasteiger charge is 2.38. The summed E-state index contributed by atoms with van der Waals surface area (Å²) in [5.74, 6) is -0.765. The van der Waals surface area contributed by atoms with Crippen LogP contribution in [-0.4, -0.2) is 48.8 Å². The lowest BCUT2D eigenvalue weighted by atomic mass is 10.0. The number of hydrogen-bond donors (Lipinski definition) is 3. The molecule has 1 unspecified atom stereocenters. The van der Waals surface area contributed by atoms with Gasteiger partial charge in [-0.05, 0) is 50.2 Å². The normalized spacial score (nSPS) is 20.0. The van der Waals surface area contributed by atoms with Crippen molar-refractivity contribution in [1.29, 1.82) is 0 Å². The summed E-state index contributed by atoms with van der Waals surface area (Å²) >= 11 is 0. The lowest BCUT2D eigenvalue weighted by Crippen LogP contribution is -2.52. The highest BCUT2D eigenvalue weighted by molar-refractivity contribution is 6.05. The fourth-order valence-electron chi connectivity index (χ4n) is 3.36. The summed E-state index contributed by atoms with van der Waals surface area (Å²) in [6, 6.07) is 5.27. The van der Waals surface area contributed by atoms with Gasteiger partial charge in [0.2, 0.25) is 11.8 Å². The first kappa shape index (κ1) is 17.6. The number of carbonyl (C=O) groups excluding carboxylic acids is 3. The molecule has 0 aromatic heterocycles. The molecule has 1 aromatic rings. The molecule has 2 aliphatic heterocycles. The minimum Gasteiger partial charge on any atom is -0.322 e. The molecule has 0 aliphatic carbocycles. The third-order valence-corrected chi connectivity index (χ3v) is 4.70. The van der Waals surface area contributed by atoms with Crippen LogP contribution in [0.25, 0.3) is 0 Å². The maximum Gasteiger partial charge on any atom is 0.255 e. The van der Waals surface area contributed by atoms with E-state index >= 15 is 0 Å². The van der Waals surface area contributed by atoms with E-state index in [-0.39, 0.29) is 24.1 Å². The van der Waals surface area contributed by atoms with Crippen molar-refractivity contribution >= 4 is 17.7 Å². The van der Waals surface area contributed by atoms with Gasteiger partial charge in [0, 0.05) is 25.1 Å². The Kier molecular flexibility index (Phi) is 5.45. The average molecular weight is 344 g/mol. The number of nitrogens with one attached hydrogen (secondary N) is 3. The fourth-order valence-corrected chi connectivity index (χ4v) is 3.36. The molecule has 3 rings (SSSR count). The molecule has 2 aliphatic rings. The number of fused-ring (bicyclic) bond motifs is 1. The SMILES string of the molecule is CNCCCNCc1ccc2c(c1)CN(C1CCC(=O)NC1=O)C2=O. The molecule has 3 amide bonds. The lowest BCUT2D eigenvalue weighted by molar-refractivity contribution is -0.136. The Balaban J connectivity index is 1.63. The number of imide groups is 1. The van der Waals surface area contributed by atoms with E-state index in [2.05, 4.69) is 16.0 Å². The topological polar surface area (TPSA) is 90.5 Å². The van der Waals surface area contributed by atoms with Crippen LogP contribution >= 0.6 is 0 Å². The summed E-state index contributed by atoms with van der Waals surface area (Å²) in [5.41, 5.74) is 2.73. The van der Waals surface area contributed by atoms with Crippen molar-refractivity contribution in [2.45, 2.75) is 38.4 Å². The van der Waals surface area contributed by atoms with E-state index < -0.39 is 6.04 Å². The van der Waals surface area contributed by atoms with Crippen LogP contribution in [0.3, 0.4) is 0 Å². The van der Waals surface area contributed by atoms with Gasteiger partial charge in [-0.2, -0.15) is 0 Å². The summed E-state index contributed by atoms with van der Waals surface area (Å²) in [4.78, 5) is 37.5. The molecule has 1 fully saturated rings. The Labute approximate surface area is 147 Å². The maximum atomic E-state index is 12.6. The van der Waals surface area contributed by atoms with Gasteiger partial charge in [-0.15, -0.1) is 0 Å². The van der Waals surface area contributed by atoms with Crippen molar-refractivity contribution in [3.63, 3.8) is 0 Å². The Hall–Kier alpha value is -2.25. The van der Waals surface area contributed by atoms with Crippen LogP contribution in [0.15, 0.2) is 18.2 Å². The smallest absolute Gasteiger partial charge is 0.255 e. The van der Waals surface area contributed by atoms with Crippen molar-refractivity contribution in [2.75, 3.05) is 20.1 Å². The van der Waals surface area contributed by atoms with Crippen LogP contribution in [-0.2, 0) is 22.7 Å². The predicted octanol–water partition coefficient (Wildman–Crippen LogP) is 0.147. The molecule has 0 bridgehead atoms. The molecule has 7 nitrogen and oxygen atoms in total. The summed E-state index contributed by atoms with van der Waals surface area (Å²) < 4.78 is 0. The van der Waals surface area contributed by atoms with E-state index in [0.717, 1.165) is 37.2 Å². The number of piperidine rings is 1. The Morgan fingerprint density at radius 2 is 2.08 bits per heavy atom. The molecule has 25 heavy (non-hydrogen) atoms. The number of rotatable bonds is 7. The lowest BCUT2D eigenvalue weighted by Gasteiger charge is -2.29. The number of amides is 3. The van der Waals surface area contributed by atoms with E-state index in [1.165, 1.54) is 0 Å². The second-order valence-corrected chi connectivity index (χ2v) is 6.53. The van der Waals surface area contributed by atoms with Crippen LogP contribution in [0.4, 0.5) is 0 Å². The van der Waals surface area contributed by atoms with E-state index in [9.17, 15) is 14.4 Å². The van der Waals surface area contributed by atoms with Gasteiger partial charge in [0.1, 0.15) is 6.04 Å². The molecule has 2 heterocycles. The van der Waals surface area contributed by atoms with Gasteiger partial charge in [0.05, 0.1) is 0 Å². The molecule has 1 aromatic carbocycles. The third kappa shape index (κ3) is 3.88. The zero-order chi connectivity index (χ0) is 17.8. The van der Waals surface area contributed by atoms with Gasteiger partial charge in [0.15, 0.2) is 0 Å². The highest BCUT2D eigenvalue weighted by atomic mass is 16.2. The Morgan fingerprint density at radius 1 is 1.24 bits per heavy atom. The van der Waals surface area contributed by atoms with Crippen molar-refractivity contribution in [2.24, 2.45) is 0 Å². The molecule has 0 spiro atoms. The fraction of sp³-hybridized carbons (Fsp3) is 0.500. The molecular weight excluding hydrogens is 320 g/mol. The molecule has 3 N–H and O–H groups in total. The van der Waals surface area contributed by atoms with Gasteiger partial charge in [-0.3, -0.25) is 19.7 Å².